The van der Waals surface area contributed by atoms with Gasteiger partial charge < -0.3 is 79.5 Å². The number of aromatic nitrogens is 1. The van der Waals surface area contributed by atoms with Gasteiger partial charge in [-0.2, -0.15) is 11.8 Å². The molecule has 7 N–H and O–H groups in total. The Labute approximate surface area is 795 Å². The number of fused-ring (bicyclic) bond motifs is 1. The molecule has 0 saturated heterocycles. The maximum atomic E-state index is 14.1. The van der Waals surface area contributed by atoms with Crippen LogP contribution in [0.2, 0.25) is 0 Å². The van der Waals surface area contributed by atoms with Gasteiger partial charge in [0.05, 0.1) is 36.9 Å². The van der Waals surface area contributed by atoms with Crippen LogP contribution in [-0.4, -0.2) is 130 Å². The van der Waals surface area contributed by atoms with Crippen LogP contribution in [0.3, 0.4) is 0 Å². The van der Waals surface area contributed by atoms with Crippen LogP contribution in [0.5, 0.6) is 34.5 Å². The molecular formula is C99H95F18N7O15S. The van der Waals surface area contributed by atoms with Gasteiger partial charge in [0.1, 0.15) is 52.6 Å². The second kappa shape index (κ2) is 48.4. The van der Waals surface area contributed by atoms with Crippen LogP contribution in [0.25, 0.3) is 10.9 Å². The summed E-state index contributed by atoms with van der Waals surface area (Å²) < 4.78 is 279. The molecule has 1 aliphatic rings. The topological polar surface area (TPSA) is 273 Å². The Morgan fingerprint density at radius 1 is 0.364 bits per heavy atom. The summed E-state index contributed by atoms with van der Waals surface area (Å²) in [4.78, 5) is 83.2. The zero-order valence-corrected chi connectivity index (χ0v) is 75.8. The molecule has 12 rings (SSSR count). The number of hydrogen-bond acceptors (Lipinski definition) is 16. The summed E-state index contributed by atoms with van der Waals surface area (Å²) in [6.45, 7) is 3.24. The minimum atomic E-state index is -5.07. The van der Waals surface area contributed by atoms with Gasteiger partial charge in [-0.3, -0.25) is 0 Å². The molecule has 1 fully saturated rings. The quantitative estimate of drug-likeness (QED) is 0.0109. The molecule has 22 nitrogen and oxygen atoms in total. The van der Waals surface area contributed by atoms with Crippen LogP contribution in [0.4, 0.5) is 93.4 Å². The molecule has 6 amide bonds. The number of ether oxygens (including phenoxy) is 9. The first-order chi connectivity index (χ1) is 66.2. The second-order valence-corrected chi connectivity index (χ2v) is 32.7. The minimum absolute atomic E-state index is 0.00244. The van der Waals surface area contributed by atoms with Crippen molar-refractivity contribution in [2.75, 3.05) is 32.3 Å². The lowest BCUT2D eigenvalue weighted by molar-refractivity contribution is -0.275. The SMILES string of the molecule is CCOC(=O)[C@H](CCSC)NC(=O)NC(Cc1ccccc1)(c1cccc(OC(F)(F)F)c1)c1cccc(OC(F)(F)F)c1.CCOC(=O)[C@H](Cc1c[nH]c2ccccc12)NC(=O)NC(Cc1ccccc1)(c1cccc(OC(F)(F)F)c1)c1cccc(OC(F)(F)F)c1.COC(=O)[C@H](CC1CCCCC1)NC(=O)NC(Cc1ccccc1)(c1cccc(OC(F)(F)F)c1)c1cccc(OC(F)(F)F)c1. The van der Waals surface area contributed by atoms with Gasteiger partial charge in [-0.05, 0) is 179 Å². The molecule has 41 heteroatoms. The van der Waals surface area contributed by atoms with E-state index in [4.69, 9.17) is 14.2 Å². The first kappa shape index (κ1) is 108. The van der Waals surface area contributed by atoms with E-state index in [9.17, 15) is 108 Å². The molecule has 10 aromatic carbocycles. The van der Waals surface area contributed by atoms with Crippen LogP contribution in [0.1, 0.15) is 114 Å². The number of rotatable bonds is 36. The summed E-state index contributed by atoms with van der Waals surface area (Å²) in [6, 6.07) is 55.1. The van der Waals surface area contributed by atoms with Crippen molar-refractivity contribution in [2.45, 2.75) is 157 Å². The number of benzene rings is 10. The van der Waals surface area contributed by atoms with Crippen LogP contribution in [-0.2, 0) is 70.9 Å². The third-order valence-electron chi connectivity index (χ3n) is 21.8. The average Bonchev–Trinajstić information content (AvgIpc) is 1.35. The first-order valence-corrected chi connectivity index (χ1v) is 44.7. The predicted octanol–water partition coefficient (Wildman–Crippen LogP) is 22.7. The lowest BCUT2D eigenvalue weighted by Gasteiger charge is -2.37. The number of carbonyl (C=O) groups excluding carboxylic acids is 6. The Bertz CT molecular complexity index is 5710. The summed E-state index contributed by atoms with van der Waals surface area (Å²) in [5.74, 6) is -5.27. The lowest BCUT2D eigenvalue weighted by Crippen LogP contribution is -2.55. The summed E-state index contributed by atoms with van der Waals surface area (Å²) in [5.41, 5.74) is -2.05. The average molecular weight is 2000 g/mol. The lowest BCUT2D eigenvalue weighted by atomic mass is 9.77. The highest BCUT2D eigenvalue weighted by molar-refractivity contribution is 7.98. The maximum absolute atomic E-state index is 14.1. The molecule has 140 heavy (non-hydrogen) atoms. The molecule has 0 spiro atoms. The Morgan fingerprint density at radius 2 is 0.657 bits per heavy atom. The van der Waals surface area contributed by atoms with Gasteiger partial charge in [-0.15, -0.1) is 79.0 Å². The van der Waals surface area contributed by atoms with Crippen molar-refractivity contribution in [1.82, 2.24) is 36.9 Å². The molecule has 0 unspecified atom stereocenters. The van der Waals surface area contributed by atoms with E-state index in [-0.39, 0.29) is 84.6 Å². The van der Waals surface area contributed by atoms with Gasteiger partial charge >= 0.3 is 74.2 Å². The summed E-state index contributed by atoms with van der Waals surface area (Å²) in [6.07, 6.45) is -22.0. The van der Waals surface area contributed by atoms with Gasteiger partial charge in [0, 0.05) is 42.8 Å². The molecule has 748 valence electrons. The van der Waals surface area contributed by atoms with Crippen molar-refractivity contribution in [3.05, 3.63) is 323 Å². The van der Waals surface area contributed by atoms with Crippen LogP contribution in [0, 0.1) is 5.92 Å². The molecule has 0 bridgehead atoms. The summed E-state index contributed by atoms with van der Waals surface area (Å²) in [5, 5.41) is 17.0. The second-order valence-electron chi connectivity index (χ2n) is 31.7. The van der Waals surface area contributed by atoms with Gasteiger partial charge in [0.2, 0.25) is 0 Å². The zero-order valence-electron chi connectivity index (χ0n) is 74.9. The summed E-state index contributed by atoms with van der Waals surface area (Å²) >= 11 is 1.42. The highest BCUT2D eigenvalue weighted by Crippen LogP contribution is 2.44. The third kappa shape index (κ3) is 33.0. The number of esters is 3. The molecule has 0 radical (unpaired) electrons. The van der Waals surface area contributed by atoms with Crippen LogP contribution in [0.15, 0.2) is 267 Å². The van der Waals surface area contributed by atoms with Crippen molar-refractivity contribution in [3.63, 3.8) is 0 Å². The number of halogens is 18. The number of H-pyrrole nitrogens is 1. The number of nitrogens with one attached hydrogen (secondary N) is 7. The van der Waals surface area contributed by atoms with E-state index in [1.807, 2.05) is 24.3 Å². The minimum Gasteiger partial charge on any atom is -0.467 e. The van der Waals surface area contributed by atoms with Crippen LogP contribution >= 0.6 is 11.8 Å². The standard InChI is InChI=1S/C36H31F6N3O5.C33H34F6N2O5.C30H30F6N2O5S/c1-2-48-32(46)31(18-24-22-43-30-17-7-6-16-29(24)30)44-33(47)45-34(21-23-10-4-3-5-11-23,25-12-8-14-27(19-25)49-35(37,38)39)26-13-9-15-28(20-26)50-36(40,41)42;1-44-29(42)28(18-22-10-4-2-5-11-22)40-30(43)41-31(21-23-12-6-3-7-13-23,24-14-8-16-26(19-24)45-32(34,35)36)25-15-9-17-27(20-25)46-33(37,38)39;1-3-41-26(39)25(15-16-44-2)37-27(40)38-28(19-20-9-5-4-6-10-20,21-11-7-13-23(17-21)42-29(31,32)33)22-12-8-14-24(18-22)43-30(34,35)36/h3-17,19-20,22,31,43H,2,18,21H2,1H3,(H2,44,45,47);3,6-9,12-17,19-20,22,28H,2,4-5,10-11,18,21H2,1H3,(H2,40,41,43);4-14,17-18,25H,3,15-16,19H2,1-2H3,(H2,37,38,40)/t31-;28-;25-/m000/s1. The van der Waals surface area contributed by atoms with Gasteiger partial charge in [0.25, 0.3) is 0 Å². The van der Waals surface area contributed by atoms with E-state index in [2.05, 4.69) is 65.3 Å². The fourth-order valence-corrected chi connectivity index (χ4v) is 16.6. The van der Waals surface area contributed by atoms with Crippen molar-refractivity contribution >= 4 is 58.7 Å². The van der Waals surface area contributed by atoms with Gasteiger partial charge in [-0.1, -0.05) is 214 Å². The smallest absolute Gasteiger partial charge is 0.467 e. The zero-order chi connectivity index (χ0) is 102. The number of hydrogen-bond donors (Lipinski definition) is 7. The van der Waals surface area contributed by atoms with Crippen LogP contribution < -0.4 is 60.3 Å². The largest absolute Gasteiger partial charge is 0.573 e. The Morgan fingerprint density at radius 3 is 0.957 bits per heavy atom. The predicted molar refractivity (Wildman–Crippen MR) is 479 cm³/mol. The van der Waals surface area contributed by atoms with E-state index >= 15 is 0 Å². The van der Waals surface area contributed by atoms with Gasteiger partial charge in [0.15, 0.2) is 0 Å². The monoisotopic (exact) mass is 2000 g/mol. The number of aromatic amines is 1. The number of urea groups is 3. The van der Waals surface area contributed by atoms with Gasteiger partial charge in [-0.25, -0.2) is 28.8 Å². The number of amides is 6. The third-order valence-corrected chi connectivity index (χ3v) is 22.5. The molecule has 1 aliphatic carbocycles. The summed E-state index contributed by atoms with van der Waals surface area (Å²) in [7, 11) is 1.19. The Balaban J connectivity index is 0.000000217. The number of para-hydroxylation sites is 1. The highest BCUT2D eigenvalue weighted by Gasteiger charge is 2.46. The molecule has 3 atom stereocenters. The van der Waals surface area contributed by atoms with E-state index in [0.29, 0.717) is 34.4 Å². The maximum Gasteiger partial charge on any atom is 0.573 e. The van der Waals surface area contributed by atoms with E-state index in [1.54, 1.807) is 117 Å². The highest BCUT2D eigenvalue weighted by atomic mass is 32.2. The number of alkyl halides is 18. The fraction of sp³-hybridized carbons (Fsp3) is 0.313. The van der Waals surface area contributed by atoms with Crippen molar-refractivity contribution in [2.24, 2.45) is 5.92 Å². The Hall–Kier alpha value is -14.2. The van der Waals surface area contributed by atoms with Crippen molar-refractivity contribution in [1.29, 1.82) is 0 Å². The molecule has 1 heterocycles. The fourth-order valence-electron chi connectivity index (χ4n) is 16.1. The molecule has 0 aliphatic heterocycles. The normalized spacial score (nSPS) is 13.4. The molecular weight excluding hydrogens is 1900 g/mol. The molecule has 1 saturated carbocycles. The Kier molecular flexibility index (Phi) is 37.3. The number of carbonyl (C=O) groups is 6. The molecule has 1 aromatic heterocycles. The van der Waals surface area contributed by atoms with E-state index in [1.165, 1.54) is 91.7 Å². The number of methoxy groups -OCH3 is 1. The van der Waals surface area contributed by atoms with Crippen molar-refractivity contribution in [3.8, 4) is 34.5 Å². The van der Waals surface area contributed by atoms with E-state index < -0.39 is 143 Å². The van der Waals surface area contributed by atoms with Crippen molar-refractivity contribution < 1.29 is 150 Å². The first-order valence-electron chi connectivity index (χ1n) is 43.3. The number of thioether (sulfide) groups is 1. The molecule has 11 aromatic rings. The van der Waals surface area contributed by atoms with E-state index in [0.717, 1.165) is 116 Å².